The molecule has 2 N–H and O–H groups in total. The average molecular weight is 302 g/mol. The third kappa shape index (κ3) is 2.93. The molecule has 5 heteroatoms. The van der Waals surface area contributed by atoms with Crippen molar-refractivity contribution in [3.63, 3.8) is 0 Å². The minimum atomic E-state index is -0.0631. The van der Waals surface area contributed by atoms with Gasteiger partial charge in [0.1, 0.15) is 5.75 Å². The van der Waals surface area contributed by atoms with E-state index in [-0.39, 0.29) is 17.2 Å². The van der Waals surface area contributed by atoms with Crippen LogP contribution in [0.2, 0.25) is 0 Å². The second-order valence-corrected chi connectivity index (χ2v) is 4.48. The first-order valence-corrected chi connectivity index (χ1v) is 6.60. The van der Waals surface area contributed by atoms with Gasteiger partial charge < -0.3 is 24.4 Å². The molecule has 0 spiro atoms. The van der Waals surface area contributed by atoms with Crippen molar-refractivity contribution in [3.05, 3.63) is 41.5 Å². The Hall–Kier alpha value is -2.82. The monoisotopic (exact) mass is 302 g/mol. The van der Waals surface area contributed by atoms with Gasteiger partial charge in [-0.3, -0.25) is 0 Å². The number of aromatic hydroxyl groups is 2. The van der Waals surface area contributed by atoms with Gasteiger partial charge in [0, 0.05) is 11.1 Å². The fourth-order valence-corrected chi connectivity index (χ4v) is 2.10. The van der Waals surface area contributed by atoms with Crippen LogP contribution < -0.4 is 14.2 Å². The Bertz CT molecular complexity index is 692. The Balaban J connectivity index is 2.50. The molecule has 0 unspecified atom stereocenters. The summed E-state index contributed by atoms with van der Waals surface area (Å²) < 4.78 is 15.6. The molecule has 0 saturated heterocycles. The smallest absolute Gasteiger partial charge is 0.207 e. The van der Waals surface area contributed by atoms with Crippen molar-refractivity contribution >= 4 is 12.2 Å². The second-order valence-electron chi connectivity index (χ2n) is 4.48. The largest absolute Gasteiger partial charge is 0.507 e. The molecule has 0 bridgehead atoms. The van der Waals surface area contributed by atoms with Gasteiger partial charge in [0.25, 0.3) is 0 Å². The highest BCUT2D eigenvalue weighted by Crippen LogP contribution is 2.46. The van der Waals surface area contributed by atoms with E-state index in [1.165, 1.54) is 21.3 Å². The Morgan fingerprint density at radius 2 is 1.45 bits per heavy atom. The highest BCUT2D eigenvalue weighted by atomic mass is 16.5. The molecule has 0 saturated carbocycles. The standard InChI is InChI=1S/C17H18O5/c1-20-14-10-12(15(19)17(22-3)16(14)21-2)9-8-11-6-4-5-7-13(11)18/h4-10,18-19H,1-3H3/b9-8-. The maximum atomic E-state index is 10.3. The number of para-hydroxylation sites is 1. The lowest BCUT2D eigenvalue weighted by molar-refractivity contribution is 0.310. The van der Waals surface area contributed by atoms with Crippen molar-refractivity contribution in [1.82, 2.24) is 0 Å². The van der Waals surface area contributed by atoms with Crippen LogP contribution in [0.4, 0.5) is 0 Å². The lowest BCUT2D eigenvalue weighted by Gasteiger charge is -2.15. The van der Waals surface area contributed by atoms with E-state index < -0.39 is 0 Å². The lowest BCUT2D eigenvalue weighted by atomic mass is 10.1. The minimum Gasteiger partial charge on any atom is -0.507 e. The van der Waals surface area contributed by atoms with Gasteiger partial charge in [0.2, 0.25) is 11.5 Å². The third-order valence-electron chi connectivity index (χ3n) is 3.21. The van der Waals surface area contributed by atoms with Gasteiger partial charge in [-0.05, 0) is 12.1 Å². The van der Waals surface area contributed by atoms with E-state index in [0.29, 0.717) is 22.6 Å². The molecule has 0 heterocycles. The Morgan fingerprint density at radius 1 is 0.818 bits per heavy atom. The summed E-state index contributed by atoms with van der Waals surface area (Å²) in [4.78, 5) is 0. The van der Waals surface area contributed by atoms with Crippen LogP contribution in [-0.2, 0) is 0 Å². The van der Waals surface area contributed by atoms with E-state index in [9.17, 15) is 10.2 Å². The molecule has 0 radical (unpaired) electrons. The Morgan fingerprint density at radius 3 is 2.05 bits per heavy atom. The van der Waals surface area contributed by atoms with E-state index >= 15 is 0 Å². The zero-order valence-corrected chi connectivity index (χ0v) is 12.7. The summed E-state index contributed by atoms with van der Waals surface area (Å²) in [5.41, 5.74) is 1.12. The molecule has 5 nitrogen and oxygen atoms in total. The van der Waals surface area contributed by atoms with E-state index in [0.717, 1.165) is 0 Å². The minimum absolute atomic E-state index is 0.0631. The van der Waals surface area contributed by atoms with Crippen LogP contribution in [0.5, 0.6) is 28.7 Å². The van der Waals surface area contributed by atoms with E-state index in [1.807, 2.05) is 6.07 Å². The quantitative estimate of drug-likeness (QED) is 0.829. The fraction of sp³-hybridized carbons (Fsp3) is 0.176. The first-order chi connectivity index (χ1) is 10.6. The van der Waals surface area contributed by atoms with Gasteiger partial charge >= 0.3 is 0 Å². The lowest BCUT2D eigenvalue weighted by Crippen LogP contribution is -1.96. The van der Waals surface area contributed by atoms with Crippen molar-refractivity contribution in [2.24, 2.45) is 0 Å². The van der Waals surface area contributed by atoms with Gasteiger partial charge in [0.15, 0.2) is 11.5 Å². The molecule has 0 aliphatic heterocycles. The molecule has 22 heavy (non-hydrogen) atoms. The molecule has 0 aliphatic rings. The molecule has 2 aromatic rings. The van der Waals surface area contributed by atoms with Gasteiger partial charge in [0.05, 0.1) is 21.3 Å². The molecule has 0 aromatic heterocycles. The predicted molar refractivity (Wildman–Crippen MR) is 84.8 cm³/mol. The number of hydrogen-bond donors (Lipinski definition) is 2. The van der Waals surface area contributed by atoms with Crippen LogP contribution in [0.15, 0.2) is 30.3 Å². The van der Waals surface area contributed by atoms with Crippen LogP contribution in [-0.4, -0.2) is 31.5 Å². The van der Waals surface area contributed by atoms with Crippen LogP contribution in [0.3, 0.4) is 0 Å². The third-order valence-corrected chi connectivity index (χ3v) is 3.21. The number of rotatable bonds is 5. The summed E-state index contributed by atoms with van der Waals surface area (Å²) >= 11 is 0. The molecule has 0 aliphatic carbocycles. The summed E-state index contributed by atoms with van der Waals surface area (Å²) in [6.45, 7) is 0. The molecule has 0 fully saturated rings. The number of benzene rings is 2. The van der Waals surface area contributed by atoms with Crippen LogP contribution >= 0.6 is 0 Å². The molecule has 2 rings (SSSR count). The van der Waals surface area contributed by atoms with Crippen LogP contribution in [0.1, 0.15) is 11.1 Å². The normalized spacial score (nSPS) is 10.7. The zero-order chi connectivity index (χ0) is 16.1. The first kappa shape index (κ1) is 15.6. The number of phenolic OH excluding ortho intramolecular Hbond substituents is 2. The average Bonchev–Trinajstić information content (AvgIpc) is 2.54. The highest BCUT2D eigenvalue weighted by molar-refractivity contribution is 5.78. The molecular formula is C17H18O5. The summed E-state index contributed by atoms with van der Waals surface area (Å²) in [7, 11) is 4.41. The number of phenols is 2. The number of methoxy groups -OCH3 is 3. The van der Waals surface area contributed by atoms with E-state index in [4.69, 9.17) is 14.2 Å². The van der Waals surface area contributed by atoms with Gasteiger partial charge in [-0.25, -0.2) is 0 Å². The van der Waals surface area contributed by atoms with Crippen LogP contribution in [0, 0.1) is 0 Å². The van der Waals surface area contributed by atoms with E-state index in [1.54, 1.807) is 36.4 Å². The molecule has 0 amide bonds. The first-order valence-electron chi connectivity index (χ1n) is 6.60. The van der Waals surface area contributed by atoms with Crippen molar-refractivity contribution < 1.29 is 24.4 Å². The Labute approximate surface area is 129 Å². The molecule has 2 aromatic carbocycles. The molecule has 116 valence electrons. The molecule has 0 atom stereocenters. The summed E-state index contributed by atoms with van der Waals surface area (Å²) in [6.07, 6.45) is 3.35. The van der Waals surface area contributed by atoms with Crippen LogP contribution in [0.25, 0.3) is 12.2 Å². The topological polar surface area (TPSA) is 68.2 Å². The Kier molecular flexibility index (Phi) is 4.78. The maximum absolute atomic E-state index is 10.3. The summed E-state index contributed by atoms with van der Waals surface area (Å²) in [6, 6.07) is 8.54. The number of hydrogen-bond acceptors (Lipinski definition) is 5. The van der Waals surface area contributed by atoms with Crippen molar-refractivity contribution in [2.45, 2.75) is 0 Å². The number of ether oxygens (including phenoxy) is 3. The summed E-state index contributed by atoms with van der Waals surface area (Å²) in [5.74, 6) is 1.05. The maximum Gasteiger partial charge on any atom is 0.207 e. The van der Waals surface area contributed by atoms with Gasteiger partial charge in [-0.2, -0.15) is 0 Å². The predicted octanol–water partition coefficient (Wildman–Crippen LogP) is 3.29. The van der Waals surface area contributed by atoms with E-state index in [2.05, 4.69) is 0 Å². The van der Waals surface area contributed by atoms with Crippen molar-refractivity contribution in [2.75, 3.05) is 21.3 Å². The second kappa shape index (κ2) is 6.76. The molecular weight excluding hydrogens is 284 g/mol. The van der Waals surface area contributed by atoms with Crippen molar-refractivity contribution in [3.8, 4) is 28.7 Å². The van der Waals surface area contributed by atoms with Gasteiger partial charge in [-0.15, -0.1) is 0 Å². The highest BCUT2D eigenvalue weighted by Gasteiger charge is 2.18. The van der Waals surface area contributed by atoms with Gasteiger partial charge in [-0.1, -0.05) is 30.4 Å². The SMILES string of the molecule is COc1cc(/C=C\c2ccccc2O)c(O)c(OC)c1OC. The zero-order valence-electron chi connectivity index (χ0n) is 12.7. The summed E-state index contributed by atoms with van der Waals surface area (Å²) in [5, 5.41) is 20.1. The van der Waals surface area contributed by atoms with Crippen molar-refractivity contribution in [1.29, 1.82) is 0 Å². The fourth-order valence-electron chi connectivity index (χ4n) is 2.10.